The van der Waals surface area contributed by atoms with E-state index < -0.39 is 0 Å². The van der Waals surface area contributed by atoms with E-state index in [-0.39, 0.29) is 11.6 Å². The highest BCUT2D eigenvalue weighted by Crippen LogP contribution is 2.24. The minimum atomic E-state index is -0.379. The van der Waals surface area contributed by atoms with Crippen LogP contribution in [-0.4, -0.2) is 46.2 Å². The summed E-state index contributed by atoms with van der Waals surface area (Å²) in [6, 6.07) is 10.8. The highest BCUT2D eigenvalue weighted by atomic mass is 19.1. The zero-order chi connectivity index (χ0) is 18.6. The zero-order valence-corrected chi connectivity index (χ0v) is 15.2. The number of hydrogen-bond acceptors (Lipinski definition) is 6. The van der Waals surface area contributed by atoms with E-state index >= 15 is 0 Å². The molecular weight excluding hydrogens is 345 g/mol. The van der Waals surface area contributed by atoms with Crippen LogP contribution in [0.3, 0.4) is 0 Å². The summed E-state index contributed by atoms with van der Waals surface area (Å²) in [5, 5.41) is 7.23. The van der Waals surface area contributed by atoms with Crippen molar-refractivity contribution in [1.82, 2.24) is 20.0 Å². The maximum absolute atomic E-state index is 13.8. The molecule has 1 atom stereocenters. The van der Waals surface area contributed by atoms with Gasteiger partial charge in [-0.2, -0.15) is 4.98 Å². The van der Waals surface area contributed by atoms with Gasteiger partial charge in [-0.05, 0) is 57.1 Å². The van der Waals surface area contributed by atoms with Gasteiger partial charge in [0.25, 0.3) is 5.89 Å². The molecule has 140 valence electrons. The first-order valence-electron chi connectivity index (χ1n) is 9.20. The van der Waals surface area contributed by atoms with Crippen LogP contribution in [-0.2, 0) is 0 Å². The molecular formula is C20H22FN5O. The number of benzene rings is 1. The summed E-state index contributed by atoms with van der Waals surface area (Å²) >= 11 is 0. The van der Waals surface area contributed by atoms with Gasteiger partial charge in [-0.15, -0.1) is 0 Å². The van der Waals surface area contributed by atoms with Crippen LogP contribution in [0.25, 0.3) is 22.8 Å². The third-order valence-corrected chi connectivity index (χ3v) is 5.01. The van der Waals surface area contributed by atoms with Gasteiger partial charge >= 0.3 is 0 Å². The Labute approximate surface area is 157 Å². The van der Waals surface area contributed by atoms with Gasteiger partial charge in [-0.1, -0.05) is 17.3 Å². The van der Waals surface area contributed by atoms with Crippen LogP contribution < -0.4 is 5.32 Å². The lowest BCUT2D eigenvalue weighted by Gasteiger charge is -2.19. The first-order valence-corrected chi connectivity index (χ1v) is 9.20. The lowest BCUT2D eigenvalue weighted by atomic mass is 10.1. The number of anilines is 1. The molecule has 0 spiro atoms. The fraction of sp³-hybridized carbons (Fsp3) is 0.350. The highest BCUT2D eigenvalue weighted by molar-refractivity contribution is 5.60. The van der Waals surface area contributed by atoms with Crippen LogP contribution in [0.5, 0.6) is 0 Å². The van der Waals surface area contributed by atoms with Gasteiger partial charge in [0.05, 0.1) is 11.1 Å². The van der Waals surface area contributed by atoms with Crippen LogP contribution in [0.1, 0.15) is 19.3 Å². The van der Waals surface area contributed by atoms with E-state index in [0.717, 1.165) is 18.8 Å². The van der Waals surface area contributed by atoms with E-state index in [2.05, 4.69) is 32.4 Å². The first kappa shape index (κ1) is 17.6. The van der Waals surface area contributed by atoms with Crippen LogP contribution in [0.2, 0.25) is 0 Å². The fourth-order valence-electron chi connectivity index (χ4n) is 3.43. The molecule has 7 heteroatoms. The number of nitrogens with zero attached hydrogens (tertiary/aromatic N) is 4. The molecule has 1 fully saturated rings. The third-order valence-electron chi connectivity index (χ3n) is 5.01. The Kier molecular flexibility index (Phi) is 5.11. The van der Waals surface area contributed by atoms with E-state index in [4.69, 9.17) is 4.52 Å². The van der Waals surface area contributed by atoms with E-state index in [1.165, 1.54) is 25.5 Å². The monoisotopic (exact) mass is 367 g/mol. The first-order chi connectivity index (χ1) is 13.2. The molecule has 0 amide bonds. The van der Waals surface area contributed by atoms with E-state index in [0.29, 0.717) is 23.1 Å². The molecule has 2 aromatic heterocycles. The van der Waals surface area contributed by atoms with Crippen LogP contribution in [0.15, 0.2) is 47.1 Å². The van der Waals surface area contributed by atoms with Crippen LogP contribution >= 0.6 is 0 Å². The van der Waals surface area contributed by atoms with E-state index in [1.807, 2.05) is 12.1 Å². The summed E-state index contributed by atoms with van der Waals surface area (Å²) in [4.78, 5) is 11.1. The molecule has 3 heterocycles. The van der Waals surface area contributed by atoms with Crippen molar-refractivity contribution in [1.29, 1.82) is 0 Å². The SMILES string of the molecule is CN1CCCC1CCNc1ccc(-c2nc(-c3ccccc3F)no2)cn1. The van der Waals surface area contributed by atoms with Crippen LogP contribution in [0.4, 0.5) is 10.2 Å². The summed E-state index contributed by atoms with van der Waals surface area (Å²) in [6.45, 7) is 2.08. The van der Waals surface area contributed by atoms with Gasteiger partial charge in [0.15, 0.2) is 0 Å². The molecule has 27 heavy (non-hydrogen) atoms. The van der Waals surface area contributed by atoms with Crippen molar-refractivity contribution < 1.29 is 8.91 Å². The summed E-state index contributed by atoms with van der Waals surface area (Å²) in [5.74, 6) is 0.981. The number of rotatable bonds is 6. The Balaban J connectivity index is 1.38. The molecule has 3 aromatic rings. The van der Waals surface area contributed by atoms with Gasteiger partial charge in [0, 0.05) is 18.8 Å². The van der Waals surface area contributed by atoms with Gasteiger partial charge in [-0.25, -0.2) is 9.37 Å². The van der Waals surface area contributed by atoms with E-state index in [9.17, 15) is 4.39 Å². The standard InChI is InChI=1S/C20H22FN5O/c1-26-12-4-5-15(26)10-11-22-18-9-8-14(13-23-18)20-24-19(25-27-20)16-6-2-3-7-17(16)21/h2-3,6-9,13,15H,4-5,10-12H2,1H3,(H,22,23). The van der Waals surface area contributed by atoms with Crippen molar-refractivity contribution in [2.24, 2.45) is 0 Å². The molecule has 4 rings (SSSR count). The maximum atomic E-state index is 13.8. The molecule has 1 unspecified atom stereocenters. The molecule has 1 aliphatic heterocycles. The summed E-state index contributed by atoms with van der Waals surface area (Å²) in [6.07, 6.45) is 5.34. The Bertz CT molecular complexity index is 895. The number of halogens is 1. The Morgan fingerprint density at radius 3 is 2.89 bits per heavy atom. The van der Waals surface area contributed by atoms with Crippen molar-refractivity contribution in [3.8, 4) is 22.8 Å². The molecule has 1 aliphatic rings. The van der Waals surface area contributed by atoms with Crippen molar-refractivity contribution in [3.05, 3.63) is 48.4 Å². The predicted molar refractivity (Wildman–Crippen MR) is 102 cm³/mol. The summed E-state index contributed by atoms with van der Waals surface area (Å²) in [7, 11) is 2.19. The molecule has 0 radical (unpaired) electrons. The second-order valence-corrected chi connectivity index (χ2v) is 6.83. The summed E-state index contributed by atoms with van der Waals surface area (Å²) in [5.41, 5.74) is 1.02. The van der Waals surface area contributed by atoms with Gasteiger partial charge in [0.1, 0.15) is 11.6 Å². The highest BCUT2D eigenvalue weighted by Gasteiger charge is 2.20. The third kappa shape index (κ3) is 3.98. The molecule has 1 saturated heterocycles. The maximum Gasteiger partial charge on any atom is 0.259 e. The minimum absolute atomic E-state index is 0.228. The predicted octanol–water partition coefficient (Wildman–Crippen LogP) is 3.83. The molecule has 6 nitrogen and oxygen atoms in total. The zero-order valence-electron chi connectivity index (χ0n) is 15.2. The minimum Gasteiger partial charge on any atom is -0.370 e. The smallest absolute Gasteiger partial charge is 0.259 e. The van der Waals surface area contributed by atoms with Crippen molar-refractivity contribution >= 4 is 5.82 Å². The van der Waals surface area contributed by atoms with Gasteiger partial charge in [0.2, 0.25) is 5.82 Å². The second kappa shape index (κ2) is 7.84. The number of hydrogen-bond donors (Lipinski definition) is 1. The molecule has 0 bridgehead atoms. The normalized spacial score (nSPS) is 17.3. The molecule has 0 aliphatic carbocycles. The lowest BCUT2D eigenvalue weighted by Crippen LogP contribution is -2.27. The number of nitrogens with one attached hydrogen (secondary N) is 1. The second-order valence-electron chi connectivity index (χ2n) is 6.83. The number of aromatic nitrogens is 3. The Morgan fingerprint density at radius 1 is 1.26 bits per heavy atom. The topological polar surface area (TPSA) is 67.1 Å². The van der Waals surface area contributed by atoms with Crippen molar-refractivity contribution in [2.75, 3.05) is 25.5 Å². The van der Waals surface area contributed by atoms with Crippen LogP contribution in [0, 0.1) is 5.82 Å². The van der Waals surface area contributed by atoms with Crippen molar-refractivity contribution in [2.45, 2.75) is 25.3 Å². The fourth-order valence-corrected chi connectivity index (χ4v) is 3.43. The van der Waals surface area contributed by atoms with Gasteiger partial charge in [-0.3, -0.25) is 0 Å². The largest absolute Gasteiger partial charge is 0.370 e. The van der Waals surface area contributed by atoms with E-state index in [1.54, 1.807) is 24.4 Å². The quantitative estimate of drug-likeness (QED) is 0.714. The lowest BCUT2D eigenvalue weighted by molar-refractivity contribution is 0.301. The number of likely N-dealkylation sites (tertiary alicyclic amines) is 1. The average molecular weight is 367 g/mol. The average Bonchev–Trinajstić information content (AvgIpc) is 3.32. The molecule has 1 aromatic carbocycles. The molecule has 0 saturated carbocycles. The number of pyridine rings is 1. The Hall–Kier alpha value is -2.80. The molecule has 1 N–H and O–H groups in total. The van der Waals surface area contributed by atoms with Crippen molar-refractivity contribution in [3.63, 3.8) is 0 Å². The Morgan fingerprint density at radius 2 is 2.15 bits per heavy atom. The summed E-state index contributed by atoms with van der Waals surface area (Å²) < 4.78 is 19.1. The van der Waals surface area contributed by atoms with Gasteiger partial charge < -0.3 is 14.7 Å².